The molecule has 1 aromatic carbocycles. The van der Waals surface area contributed by atoms with E-state index in [1.54, 1.807) is 11.8 Å². The molecule has 0 fully saturated rings. The second-order valence-corrected chi connectivity index (χ2v) is 6.24. The zero-order chi connectivity index (χ0) is 14.5. The number of nitrogens with one attached hydrogen (secondary N) is 2. The van der Waals surface area contributed by atoms with E-state index in [1.165, 1.54) is 11.3 Å². The molecule has 0 radical (unpaired) electrons. The predicted molar refractivity (Wildman–Crippen MR) is 87.9 cm³/mol. The van der Waals surface area contributed by atoms with Crippen LogP contribution in [0.2, 0.25) is 0 Å². The smallest absolute Gasteiger partial charge is 0.308 e. The molecular weight excluding hydrogens is 288 g/mol. The van der Waals surface area contributed by atoms with Crippen LogP contribution in [-0.4, -0.2) is 12.3 Å². The van der Waals surface area contributed by atoms with Crippen molar-refractivity contribution in [1.82, 2.24) is 0 Å². The van der Waals surface area contributed by atoms with E-state index in [2.05, 4.69) is 16.6 Å². The van der Waals surface area contributed by atoms with Crippen molar-refractivity contribution in [2.45, 2.75) is 11.1 Å². The van der Waals surface area contributed by atoms with Gasteiger partial charge >= 0.3 is 6.03 Å². The van der Waals surface area contributed by atoms with Crippen LogP contribution in [0.15, 0.2) is 34.5 Å². The van der Waals surface area contributed by atoms with Gasteiger partial charge in [0.05, 0.1) is 14.8 Å². The zero-order valence-corrected chi connectivity index (χ0v) is 12.8. The first-order valence-corrected chi connectivity index (χ1v) is 7.95. The molecule has 20 heavy (non-hydrogen) atoms. The molecule has 0 bridgehead atoms. The fourth-order valence-electron chi connectivity index (χ4n) is 1.69. The molecule has 0 unspecified atom stereocenters. The summed E-state index contributed by atoms with van der Waals surface area (Å²) in [5, 5.41) is 6.34. The number of anilines is 2. The molecule has 2 amide bonds. The number of aryl methyl sites for hydroxylation is 1. The van der Waals surface area contributed by atoms with Gasteiger partial charge in [-0.15, -0.1) is 29.5 Å². The molecule has 0 aliphatic carbocycles. The van der Waals surface area contributed by atoms with Crippen LogP contribution in [0.4, 0.5) is 15.5 Å². The summed E-state index contributed by atoms with van der Waals surface area (Å²) in [6.07, 6.45) is 7.39. The molecule has 0 aliphatic heterocycles. The Kier molecular flexibility index (Phi) is 4.72. The van der Waals surface area contributed by atoms with Crippen molar-refractivity contribution in [3.05, 3.63) is 41.5 Å². The molecule has 1 heterocycles. The topological polar surface area (TPSA) is 41.1 Å². The molecule has 2 rings (SSSR count). The number of thioether (sulfide) groups is 1. The Labute approximate surface area is 126 Å². The van der Waals surface area contributed by atoms with Gasteiger partial charge in [0.25, 0.3) is 0 Å². The van der Waals surface area contributed by atoms with Gasteiger partial charge in [0.15, 0.2) is 0 Å². The third-order valence-corrected chi connectivity index (χ3v) is 4.74. The summed E-state index contributed by atoms with van der Waals surface area (Å²) >= 11 is 3.05. The number of terminal acetylenes is 1. The van der Waals surface area contributed by atoms with Crippen LogP contribution in [0.5, 0.6) is 0 Å². The standard InChI is InChI=1S/C15H14N2OS2/c1-4-11-9-13(20-14(11)19-3)17-15(18)16-12-7-5-6-10(2)8-12/h1,5-9H,2-3H3,(H2,16,17,18). The molecule has 5 heteroatoms. The van der Waals surface area contributed by atoms with Gasteiger partial charge in [-0.25, -0.2) is 4.79 Å². The van der Waals surface area contributed by atoms with Crippen LogP contribution < -0.4 is 10.6 Å². The number of urea groups is 1. The van der Waals surface area contributed by atoms with E-state index >= 15 is 0 Å². The van der Waals surface area contributed by atoms with E-state index < -0.39 is 0 Å². The average molecular weight is 302 g/mol. The maximum Gasteiger partial charge on any atom is 0.324 e. The summed E-state index contributed by atoms with van der Waals surface area (Å²) < 4.78 is 1.03. The number of benzene rings is 1. The summed E-state index contributed by atoms with van der Waals surface area (Å²) in [4.78, 5) is 11.9. The fraction of sp³-hybridized carbons (Fsp3) is 0.133. The van der Waals surface area contributed by atoms with E-state index in [9.17, 15) is 4.79 Å². The molecule has 0 aliphatic rings. The Morgan fingerprint density at radius 3 is 2.75 bits per heavy atom. The van der Waals surface area contributed by atoms with Gasteiger partial charge in [0.1, 0.15) is 0 Å². The van der Waals surface area contributed by atoms with E-state index in [0.29, 0.717) is 0 Å². The molecule has 0 saturated carbocycles. The van der Waals surface area contributed by atoms with Crippen molar-refractivity contribution >= 4 is 39.8 Å². The number of hydrogen-bond donors (Lipinski definition) is 2. The molecule has 0 saturated heterocycles. The highest BCUT2D eigenvalue weighted by atomic mass is 32.2. The number of carbonyl (C=O) groups excluding carboxylic acids is 1. The van der Waals surface area contributed by atoms with Crippen LogP contribution >= 0.6 is 23.1 Å². The number of hydrogen-bond acceptors (Lipinski definition) is 3. The van der Waals surface area contributed by atoms with Crippen LogP contribution in [-0.2, 0) is 0 Å². The van der Waals surface area contributed by atoms with Gasteiger partial charge in [0.2, 0.25) is 0 Å². The minimum atomic E-state index is -0.270. The average Bonchev–Trinajstić information content (AvgIpc) is 2.80. The van der Waals surface area contributed by atoms with Crippen molar-refractivity contribution in [3.63, 3.8) is 0 Å². The quantitative estimate of drug-likeness (QED) is 0.651. The van der Waals surface area contributed by atoms with Crippen molar-refractivity contribution in [2.24, 2.45) is 0 Å². The largest absolute Gasteiger partial charge is 0.324 e. The van der Waals surface area contributed by atoms with Crippen molar-refractivity contribution < 1.29 is 4.79 Å². The molecule has 0 atom stereocenters. The van der Waals surface area contributed by atoms with Crippen molar-refractivity contribution in [1.29, 1.82) is 0 Å². The number of carbonyl (C=O) groups is 1. The van der Waals surface area contributed by atoms with E-state index in [1.807, 2.05) is 43.5 Å². The SMILES string of the molecule is C#Cc1cc(NC(=O)Nc2cccc(C)c2)sc1SC. The normalized spacial score (nSPS) is 9.85. The summed E-state index contributed by atoms with van der Waals surface area (Å²) in [7, 11) is 0. The number of amides is 2. The lowest BCUT2D eigenvalue weighted by atomic mass is 10.2. The molecule has 0 spiro atoms. The second-order valence-electron chi connectivity index (χ2n) is 4.11. The van der Waals surface area contributed by atoms with Crippen molar-refractivity contribution in [2.75, 3.05) is 16.9 Å². The zero-order valence-electron chi connectivity index (χ0n) is 11.2. The van der Waals surface area contributed by atoms with Crippen molar-refractivity contribution in [3.8, 4) is 12.3 Å². The Bertz CT molecular complexity index is 671. The minimum absolute atomic E-state index is 0.270. The third kappa shape index (κ3) is 3.56. The van der Waals surface area contributed by atoms with Gasteiger partial charge in [-0.05, 0) is 36.9 Å². The molecule has 3 nitrogen and oxygen atoms in total. The van der Waals surface area contributed by atoms with Crippen LogP contribution in [0.25, 0.3) is 0 Å². The molecule has 102 valence electrons. The Hall–Kier alpha value is -1.90. The van der Waals surface area contributed by atoms with Gasteiger partial charge < -0.3 is 5.32 Å². The maximum absolute atomic E-state index is 11.9. The Balaban J connectivity index is 2.05. The summed E-state index contributed by atoms with van der Waals surface area (Å²) in [5.41, 5.74) is 2.67. The first-order chi connectivity index (χ1) is 9.62. The molecule has 1 aromatic heterocycles. The van der Waals surface area contributed by atoms with Crippen LogP contribution in [0.3, 0.4) is 0 Å². The second kappa shape index (κ2) is 6.51. The van der Waals surface area contributed by atoms with Gasteiger partial charge in [-0.3, -0.25) is 5.32 Å². The minimum Gasteiger partial charge on any atom is -0.308 e. The van der Waals surface area contributed by atoms with E-state index in [0.717, 1.165) is 26.0 Å². The lowest BCUT2D eigenvalue weighted by Crippen LogP contribution is -2.18. The van der Waals surface area contributed by atoms with E-state index in [-0.39, 0.29) is 6.03 Å². The summed E-state index contributed by atoms with van der Waals surface area (Å²) in [6, 6.07) is 9.18. The molecular formula is C15H14N2OS2. The maximum atomic E-state index is 11.9. The monoisotopic (exact) mass is 302 g/mol. The highest BCUT2D eigenvalue weighted by Gasteiger charge is 2.09. The molecule has 2 N–H and O–H groups in total. The van der Waals surface area contributed by atoms with Gasteiger partial charge in [-0.1, -0.05) is 18.1 Å². The summed E-state index contributed by atoms with van der Waals surface area (Å²) in [5.74, 6) is 2.62. The van der Waals surface area contributed by atoms with Gasteiger partial charge in [-0.2, -0.15) is 0 Å². The Morgan fingerprint density at radius 2 is 2.15 bits per heavy atom. The van der Waals surface area contributed by atoms with Crippen LogP contribution in [0.1, 0.15) is 11.1 Å². The Morgan fingerprint density at radius 1 is 1.35 bits per heavy atom. The number of rotatable bonds is 3. The first kappa shape index (κ1) is 14.5. The first-order valence-electron chi connectivity index (χ1n) is 5.91. The highest BCUT2D eigenvalue weighted by molar-refractivity contribution is 8.00. The third-order valence-electron chi connectivity index (χ3n) is 2.55. The van der Waals surface area contributed by atoms with E-state index in [4.69, 9.17) is 6.42 Å². The van der Waals surface area contributed by atoms with Crippen LogP contribution in [0, 0.1) is 19.3 Å². The number of thiophene rings is 1. The lowest BCUT2D eigenvalue weighted by Gasteiger charge is -2.06. The summed E-state index contributed by atoms with van der Waals surface area (Å²) in [6.45, 7) is 1.98. The fourth-order valence-corrected chi connectivity index (χ4v) is 3.37. The highest BCUT2D eigenvalue weighted by Crippen LogP contribution is 2.33. The predicted octanol–water partition coefficient (Wildman–Crippen LogP) is 4.40. The van der Waals surface area contributed by atoms with Gasteiger partial charge in [0, 0.05) is 5.69 Å². The molecule has 2 aromatic rings. The lowest BCUT2D eigenvalue weighted by molar-refractivity contribution is 0.262.